The van der Waals surface area contributed by atoms with E-state index in [1.54, 1.807) is 0 Å². The molecule has 7 nitrogen and oxygen atoms in total. The molecule has 0 unspecified atom stereocenters. The predicted molar refractivity (Wildman–Crippen MR) is 149 cm³/mol. The minimum atomic E-state index is 0.206. The standard InChI is InChI=1S/C31H40N4O3/c32-31-33-28-10-9-27-20-24(28)21-35(31)29(23-6-2-1-3-7-23)11-12-30(36)34(25-14-17-37-18-15-25)16-13-22-5-4-8-26(19-22)38-27/h4-5,8-10,19-20,23,25,29H,1-3,6-7,11-18,21H2,(H2,32,33)/t29-/m0/s1. The molecule has 1 amide bonds. The van der Waals surface area contributed by atoms with Crippen LogP contribution in [-0.4, -0.2) is 53.5 Å². The van der Waals surface area contributed by atoms with Crippen LogP contribution < -0.4 is 10.5 Å². The van der Waals surface area contributed by atoms with Gasteiger partial charge in [-0.3, -0.25) is 4.79 Å². The summed E-state index contributed by atoms with van der Waals surface area (Å²) >= 11 is 0. The molecule has 3 heterocycles. The molecule has 38 heavy (non-hydrogen) atoms. The van der Waals surface area contributed by atoms with Crippen molar-refractivity contribution in [2.45, 2.75) is 82.8 Å². The van der Waals surface area contributed by atoms with Crippen LogP contribution in [0.2, 0.25) is 0 Å². The zero-order chi connectivity index (χ0) is 25.9. The molecule has 6 rings (SSSR count). The Morgan fingerprint density at radius 3 is 2.53 bits per heavy atom. The summed E-state index contributed by atoms with van der Waals surface area (Å²) in [6, 6.07) is 14.8. The van der Waals surface area contributed by atoms with E-state index >= 15 is 0 Å². The third-order valence-corrected chi connectivity index (χ3v) is 8.90. The van der Waals surface area contributed by atoms with Gasteiger partial charge in [0.15, 0.2) is 5.96 Å². The SMILES string of the molecule is NC1=Nc2ccc3cc2CN1[C@H](C1CCCCC1)CCC(=O)N(C1CCOCC1)CCc1cccc(c1)O3. The quantitative estimate of drug-likeness (QED) is 0.567. The second-order valence-electron chi connectivity index (χ2n) is 11.3. The van der Waals surface area contributed by atoms with Gasteiger partial charge >= 0.3 is 0 Å². The molecule has 1 atom stereocenters. The molecule has 0 radical (unpaired) electrons. The molecular weight excluding hydrogens is 476 g/mol. The first-order chi connectivity index (χ1) is 18.6. The Kier molecular flexibility index (Phi) is 7.54. The number of benzene rings is 2. The first-order valence-electron chi connectivity index (χ1n) is 14.5. The third kappa shape index (κ3) is 5.53. The van der Waals surface area contributed by atoms with Crippen molar-refractivity contribution >= 4 is 17.6 Å². The number of amides is 1. The smallest absolute Gasteiger partial charge is 0.222 e. The van der Waals surface area contributed by atoms with E-state index in [0.717, 1.165) is 61.6 Å². The maximum atomic E-state index is 13.9. The molecule has 1 saturated carbocycles. The number of hydrogen-bond acceptors (Lipinski definition) is 6. The van der Waals surface area contributed by atoms with Crippen LogP contribution in [0.3, 0.4) is 0 Å². The molecule has 0 aromatic heterocycles. The highest BCUT2D eigenvalue weighted by Gasteiger charge is 2.34. The average molecular weight is 517 g/mol. The van der Waals surface area contributed by atoms with Gasteiger partial charge in [0.05, 0.1) is 5.69 Å². The van der Waals surface area contributed by atoms with E-state index in [1.807, 2.05) is 24.3 Å². The van der Waals surface area contributed by atoms with Gasteiger partial charge in [0.1, 0.15) is 11.5 Å². The van der Waals surface area contributed by atoms with Crippen LogP contribution in [0.1, 0.15) is 68.9 Å². The van der Waals surface area contributed by atoms with Crippen LogP contribution in [0.25, 0.3) is 0 Å². The molecular formula is C31H40N4O3. The molecule has 0 spiro atoms. The molecule has 4 aliphatic rings. The van der Waals surface area contributed by atoms with Crippen molar-refractivity contribution in [1.29, 1.82) is 0 Å². The largest absolute Gasteiger partial charge is 0.457 e. The van der Waals surface area contributed by atoms with Crippen LogP contribution in [0.15, 0.2) is 47.5 Å². The number of nitrogens with two attached hydrogens (primary N) is 1. The lowest BCUT2D eigenvalue weighted by Crippen LogP contribution is -2.50. The number of rotatable bonds is 2. The molecule has 2 aromatic carbocycles. The Balaban J connectivity index is 1.35. The number of nitrogens with zero attached hydrogens (tertiary/aromatic N) is 3. The molecule has 5 bridgehead atoms. The van der Waals surface area contributed by atoms with Crippen molar-refractivity contribution in [2.75, 3.05) is 19.8 Å². The van der Waals surface area contributed by atoms with Gasteiger partial charge in [-0.05, 0) is 80.3 Å². The number of carbonyl (C=O) groups is 1. The number of hydrogen-bond donors (Lipinski definition) is 1. The average Bonchev–Trinajstić information content (AvgIpc) is 2.94. The van der Waals surface area contributed by atoms with Crippen molar-refractivity contribution in [3.8, 4) is 11.5 Å². The van der Waals surface area contributed by atoms with Crippen molar-refractivity contribution in [1.82, 2.24) is 9.80 Å². The molecule has 3 aliphatic heterocycles. The third-order valence-electron chi connectivity index (χ3n) is 8.90. The Bertz CT molecular complexity index is 1170. The van der Waals surface area contributed by atoms with Gasteiger partial charge < -0.3 is 25.0 Å². The normalized spacial score (nSPS) is 23.7. The van der Waals surface area contributed by atoms with Crippen molar-refractivity contribution < 1.29 is 14.3 Å². The first-order valence-corrected chi connectivity index (χ1v) is 14.5. The minimum Gasteiger partial charge on any atom is -0.457 e. The Hall–Kier alpha value is -3.06. The fourth-order valence-electron chi connectivity index (χ4n) is 6.84. The van der Waals surface area contributed by atoms with Crippen LogP contribution in [0.5, 0.6) is 11.5 Å². The number of fused-ring (bicyclic) bond motifs is 4. The maximum Gasteiger partial charge on any atom is 0.222 e. The van der Waals surface area contributed by atoms with Crippen LogP contribution >= 0.6 is 0 Å². The van der Waals surface area contributed by atoms with Gasteiger partial charge in [-0.25, -0.2) is 4.99 Å². The van der Waals surface area contributed by atoms with Gasteiger partial charge in [-0.15, -0.1) is 0 Å². The first kappa shape index (κ1) is 25.2. The second-order valence-corrected chi connectivity index (χ2v) is 11.3. The van der Waals surface area contributed by atoms with Gasteiger partial charge in [0.2, 0.25) is 5.91 Å². The zero-order valence-corrected chi connectivity index (χ0v) is 22.3. The van der Waals surface area contributed by atoms with Crippen LogP contribution in [0, 0.1) is 5.92 Å². The maximum absolute atomic E-state index is 13.9. The summed E-state index contributed by atoms with van der Waals surface area (Å²) in [4.78, 5) is 23.1. The van der Waals surface area contributed by atoms with E-state index in [4.69, 9.17) is 20.2 Å². The summed E-state index contributed by atoms with van der Waals surface area (Å²) < 4.78 is 11.9. The molecule has 1 saturated heterocycles. The lowest BCUT2D eigenvalue weighted by atomic mass is 9.81. The molecule has 2 fully saturated rings. The number of guanidine groups is 1. The summed E-state index contributed by atoms with van der Waals surface area (Å²) in [7, 11) is 0. The summed E-state index contributed by atoms with van der Waals surface area (Å²) in [6.07, 6.45) is 10.1. The Labute approximate surface area is 226 Å². The fraction of sp³-hybridized carbons (Fsp3) is 0.548. The second kappa shape index (κ2) is 11.4. The van der Waals surface area contributed by atoms with E-state index in [0.29, 0.717) is 31.4 Å². The summed E-state index contributed by atoms with van der Waals surface area (Å²) in [5.74, 6) is 2.99. The lowest BCUT2D eigenvalue weighted by molar-refractivity contribution is -0.135. The Morgan fingerprint density at radius 2 is 1.68 bits per heavy atom. The van der Waals surface area contributed by atoms with Gasteiger partial charge in [0.25, 0.3) is 0 Å². The van der Waals surface area contributed by atoms with Crippen LogP contribution in [0.4, 0.5) is 5.69 Å². The van der Waals surface area contributed by atoms with E-state index in [2.05, 4.69) is 28.0 Å². The van der Waals surface area contributed by atoms with E-state index in [1.165, 1.54) is 37.7 Å². The fourth-order valence-corrected chi connectivity index (χ4v) is 6.84. The van der Waals surface area contributed by atoms with E-state index in [-0.39, 0.29) is 18.0 Å². The predicted octanol–water partition coefficient (Wildman–Crippen LogP) is 5.53. The van der Waals surface area contributed by atoms with Gasteiger partial charge in [-0.2, -0.15) is 0 Å². The highest BCUT2D eigenvalue weighted by molar-refractivity contribution is 5.84. The topological polar surface area (TPSA) is 80.4 Å². The highest BCUT2D eigenvalue weighted by atomic mass is 16.5. The molecule has 2 aromatic rings. The summed E-state index contributed by atoms with van der Waals surface area (Å²) in [6.45, 7) is 2.86. The van der Waals surface area contributed by atoms with E-state index < -0.39 is 0 Å². The number of carbonyl (C=O) groups excluding carboxylic acids is 1. The van der Waals surface area contributed by atoms with Gasteiger partial charge in [0, 0.05) is 50.4 Å². The molecule has 1 aliphatic carbocycles. The summed E-state index contributed by atoms with van der Waals surface area (Å²) in [5.41, 5.74) is 9.83. The van der Waals surface area contributed by atoms with Gasteiger partial charge in [-0.1, -0.05) is 31.4 Å². The van der Waals surface area contributed by atoms with E-state index in [9.17, 15) is 4.79 Å². The Morgan fingerprint density at radius 1 is 0.868 bits per heavy atom. The minimum absolute atomic E-state index is 0.206. The summed E-state index contributed by atoms with van der Waals surface area (Å²) in [5, 5.41) is 0. The highest BCUT2D eigenvalue weighted by Crippen LogP contribution is 2.37. The van der Waals surface area contributed by atoms with Crippen molar-refractivity contribution in [2.24, 2.45) is 16.6 Å². The molecule has 202 valence electrons. The van der Waals surface area contributed by atoms with Crippen LogP contribution in [-0.2, 0) is 22.5 Å². The number of aliphatic imine (C=N–C) groups is 1. The molecule has 2 N–H and O–H groups in total. The monoisotopic (exact) mass is 516 g/mol. The molecule has 7 heteroatoms. The lowest BCUT2D eigenvalue weighted by Gasteiger charge is -2.42. The van der Waals surface area contributed by atoms with Crippen molar-refractivity contribution in [3.05, 3.63) is 53.6 Å². The number of ether oxygens (including phenoxy) is 2. The zero-order valence-electron chi connectivity index (χ0n) is 22.3. The van der Waals surface area contributed by atoms with Crippen molar-refractivity contribution in [3.63, 3.8) is 0 Å².